The molecule has 0 atom stereocenters. The fourth-order valence-corrected chi connectivity index (χ4v) is 3.01. The number of fused-ring (bicyclic) bond motifs is 3. The number of nitrogens with one attached hydrogen (secondary N) is 1. The highest BCUT2D eigenvalue weighted by molar-refractivity contribution is 5.79. The molecule has 0 saturated heterocycles. The summed E-state index contributed by atoms with van der Waals surface area (Å²) in [4.78, 5) is 12.0. The predicted molar refractivity (Wildman–Crippen MR) is 90.8 cm³/mol. The van der Waals surface area contributed by atoms with Crippen molar-refractivity contribution in [3.63, 3.8) is 0 Å². The Balaban J connectivity index is 1.75. The summed E-state index contributed by atoms with van der Waals surface area (Å²) < 4.78 is 5.37. The van der Waals surface area contributed by atoms with Crippen LogP contribution >= 0.6 is 0 Å². The van der Waals surface area contributed by atoms with Crippen LogP contribution < -0.4 is 5.32 Å². The second kappa shape index (κ2) is 6.63. The van der Waals surface area contributed by atoms with Gasteiger partial charge in [-0.2, -0.15) is 0 Å². The number of benzene rings is 2. The average molecular weight is 327 g/mol. The number of hydrogen-bond acceptors (Lipinski definition) is 4. The van der Waals surface area contributed by atoms with Gasteiger partial charge in [-0.15, -0.1) is 0 Å². The largest absolute Gasteiger partial charge is 0.449 e. The van der Waals surface area contributed by atoms with Crippen LogP contribution in [0.3, 0.4) is 0 Å². The highest BCUT2D eigenvalue weighted by atomic mass is 16.5. The van der Waals surface area contributed by atoms with Crippen LogP contribution in [0.5, 0.6) is 0 Å². The number of hydrogen-bond donors (Lipinski definition) is 3. The SMILES string of the molecule is CC(CO)(CO)NC(=O)OCC1c2ccccc2-c2ccccc21. The third-order valence-corrected chi connectivity index (χ3v) is 4.45. The van der Waals surface area contributed by atoms with Gasteiger partial charge in [-0.1, -0.05) is 48.5 Å². The lowest BCUT2D eigenvalue weighted by Gasteiger charge is -2.26. The summed E-state index contributed by atoms with van der Waals surface area (Å²) in [6.45, 7) is 1.02. The molecule has 0 saturated carbocycles. The molecule has 0 unspecified atom stereocenters. The second-order valence-electron chi connectivity index (χ2n) is 6.33. The number of ether oxygens (including phenoxy) is 1. The number of alkyl carbamates (subject to hydrolysis) is 1. The van der Waals surface area contributed by atoms with Gasteiger partial charge in [-0.3, -0.25) is 0 Å². The number of aliphatic hydroxyl groups is 2. The number of carbonyl (C=O) groups excluding carboxylic acids is 1. The van der Waals surface area contributed by atoms with Crippen LogP contribution in [0.1, 0.15) is 24.0 Å². The Hall–Kier alpha value is -2.37. The van der Waals surface area contributed by atoms with Crippen molar-refractivity contribution in [1.82, 2.24) is 5.32 Å². The van der Waals surface area contributed by atoms with Gasteiger partial charge in [0.15, 0.2) is 0 Å². The first-order chi connectivity index (χ1) is 11.6. The van der Waals surface area contributed by atoms with Gasteiger partial charge in [0.2, 0.25) is 0 Å². The zero-order chi connectivity index (χ0) is 17.2. The lowest BCUT2D eigenvalue weighted by Crippen LogP contribution is -2.52. The Kier molecular flexibility index (Phi) is 4.55. The smallest absolute Gasteiger partial charge is 0.407 e. The molecule has 0 aromatic heterocycles. The van der Waals surface area contributed by atoms with E-state index in [-0.39, 0.29) is 25.7 Å². The highest BCUT2D eigenvalue weighted by Gasteiger charge is 2.30. The number of amides is 1. The molecule has 3 N–H and O–H groups in total. The van der Waals surface area contributed by atoms with Crippen LogP contribution in [0, 0.1) is 0 Å². The van der Waals surface area contributed by atoms with Crippen molar-refractivity contribution in [2.45, 2.75) is 18.4 Å². The molecule has 0 spiro atoms. The molecule has 1 aliphatic carbocycles. The number of carbonyl (C=O) groups is 1. The zero-order valence-electron chi connectivity index (χ0n) is 13.5. The third-order valence-electron chi connectivity index (χ3n) is 4.45. The molecule has 1 amide bonds. The maximum absolute atomic E-state index is 12.0. The highest BCUT2D eigenvalue weighted by Crippen LogP contribution is 2.44. The van der Waals surface area contributed by atoms with Gasteiger partial charge in [0, 0.05) is 5.92 Å². The molecule has 24 heavy (non-hydrogen) atoms. The van der Waals surface area contributed by atoms with E-state index in [9.17, 15) is 15.0 Å². The van der Waals surface area contributed by atoms with Crippen LogP contribution in [-0.2, 0) is 4.74 Å². The van der Waals surface area contributed by atoms with E-state index < -0.39 is 11.6 Å². The Bertz CT molecular complexity index is 694. The van der Waals surface area contributed by atoms with Crippen molar-refractivity contribution in [2.24, 2.45) is 0 Å². The van der Waals surface area contributed by atoms with Crippen molar-refractivity contribution in [3.8, 4) is 11.1 Å². The lowest BCUT2D eigenvalue weighted by atomic mass is 9.98. The molecule has 2 aromatic carbocycles. The van der Waals surface area contributed by atoms with Gasteiger partial charge in [-0.25, -0.2) is 4.79 Å². The number of aliphatic hydroxyl groups excluding tert-OH is 2. The molecule has 2 aromatic rings. The minimum Gasteiger partial charge on any atom is -0.449 e. The first-order valence-corrected chi connectivity index (χ1v) is 7.93. The van der Waals surface area contributed by atoms with E-state index in [4.69, 9.17) is 4.74 Å². The predicted octanol–water partition coefficient (Wildman–Crippen LogP) is 2.27. The van der Waals surface area contributed by atoms with Crippen molar-refractivity contribution in [3.05, 3.63) is 59.7 Å². The summed E-state index contributed by atoms with van der Waals surface area (Å²) in [5.41, 5.74) is 3.51. The quantitative estimate of drug-likeness (QED) is 0.787. The molecule has 3 rings (SSSR count). The van der Waals surface area contributed by atoms with Gasteiger partial charge in [-0.05, 0) is 29.2 Å². The number of rotatable bonds is 5. The topological polar surface area (TPSA) is 78.8 Å². The molecule has 5 heteroatoms. The van der Waals surface area contributed by atoms with Crippen LogP contribution in [0.15, 0.2) is 48.5 Å². The molecule has 1 aliphatic rings. The molecule has 0 heterocycles. The summed E-state index contributed by atoms with van der Waals surface area (Å²) >= 11 is 0. The summed E-state index contributed by atoms with van der Waals surface area (Å²) in [5.74, 6) is -0.0161. The van der Waals surface area contributed by atoms with Crippen LogP contribution in [-0.4, -0.2) is 41.7 Å². The van der Waals surface area contributed by atoms with E-state index in [0.29, 0.717) is 0 Å². The minimum absolute atomic E-state index is 0.0161. The second-order valence-corrected chi connectivity index (χ2v) is 6.33. The maximum atomic E-state index is 12.0. The summed E-state index contributed by atoms with van der Waals surface area (Å²) in [6, 6.07) is 16.2. The van der Waals surface area contributed by atoms with Crippen LogP contribution in [0.25, 0.3) is 11.1 Å². The fraction of sp³-hybridized carbons (Fsp3) is 0.316. The van der Waals surface area contributed by atoms with Gasteiger partial charge >= 0.3 is 6.09 Å². The summed E-state index contributed by atoms with van der Waals surface area (Å²) in [5, 5.41) is 21.0. The third kappa shape index (κ3) is 3.00. The molecule has 0 fully saturated rings. The van der Waals surface area contributed by atoms with E-state index in [1.165, 1.54) is 0 Å². The Morgan fingerprint density at radius 2 is 1.54 bits per heavy atom. The molecule has 126 valence electrons. The molecule has 5 nitrogen and oxygen atoms in total. The van der Waals surface area contributed by atoms with E-state index in [0.717, 1.165) is 22.3 Å². The van der Waals surface area contributed by atoms with E-state index in [2.05, 4.69) is 17.4 Å². The van der Waals surface area contributed by atoms with E-state index in [1.54, 1.807) is 6.92 Å². The molecular weight excluding hydrogens is 306 g/mol. The van der Waals surface area contributed by atoms with Gasteiger partial charge in [0.25, 0.3) is 0 Å². The van der Waals surface area contributed by atoms with E-state index in [1.807, 2.05) is 36.4 Å². The first-order valence-electron chi connectivity index (χ1n) is 7.93. The maximum Gasteiger partial charge on any atom is 0.407 e. The molecular formula is C19H21NO4. The zero-order valence-corrected chi connectivity index (χ0v) is 13.5. The lowest BCUT2D eigenvalue weighted by molar-refractivity contribution is 0.0832. The van der Waals surface area contributed by atoms with Gasteiger partial charge < -0.3 is 20.3 Å². The van der Waals surface area contributed by atoms with E-state index >= 15 is 0 Å². The van der Waals surface area contributed by atoms with Crippen LogP contribution in [0.2, 0.25) is 0 Å². The minimum atomic E-state index is -1.09. The molecule has 0 bridgehead atoms. The van der Waals surface area contributed by atoms with Crippen molar-refractivity contribution in [2.75, 3.05) is 19.8 Å². The molecule has 0 radical (unpaired) electrons. The van der Waals surface area contributed by atoms with Gasteiger partial charge in [0.1, 0.15) is 6.61 Å². The Morgan fingerprint density at radius 3 is 2.04 bits per heavy atom. The standard InChI is InChI=1S/C19H21NO4/c1-19(11-21,12-22)20-18(23)24-10-17-15-8-4-2-6-13(15)14-7-3-5-9-16(14)17/h2-9,17,21-22H,10-12H2,1H3,(H,20,23). The van der Waals surface area contributed by atoms with Crippen LogP contribution in [0.4, 0.5) is 4.79 Å². The first kappa shape index (κ1) is 16.5. The monoisotopic (exact) mass is 327 g/mol. The Labute approximate surface area is 140 Å². The van der Waals surface area contributed by atoms with Gasteiger partial charge in [0.05, 0.1) is 18.8 Å². The summed E-state index contributed by atoms with van der Waals surface area (Å²) in [6.07, 6.45) is -0.650. The molecule has 0 aliphatic heterocycles. The summed E-state index contributed by atoms with van der Waals surface area (Å²) in [7, 11) is 0. The van der Waals surface area contributed by atoms with Crippen molar-refractivity contribution < 1.29 is 19.7 Å². The normalized spacial score (nSPS) is 13.3. The van der Waals surface area contributed by atoms with Crippen molar-refractivity contribution in [1.29, 1.82) is 0 Å². The Morgan fingerprint density at radius 1 is 1.04 bits per heavy atom. The fourth-order valence-electron chi connectivity index (χ4n) is 3.01. The van der Waals surface area contributed by atoms with Crippen molar-refractivity contribution >= 4 is 6.09 Å². The average Bonchev–Trinajstić information content (AvgIpc) is 2.94.